The van der Waals surface area contributed by atoms with E-state index in [1.807, 2.05) is 0 Å². The van der Waals surface area contributed by atoms with Crippen LogP contribution in [0.1, 0.15) is 46.5 Å². The van der Waals surface area contributed by atoms with Gasteiger partial charge in [-0.05, 0) is 43.9 Å². The van der Waals surface area contributed by atoms with Gasteiger partial charge in [-0.2, -0.15) is 0 Å². The van der Waals surface area contributed by atoms with Crippen molar-refractivity contribution < 1.29 is 0 Å². The van der Waals surface area contributed by atoms with Gasteiger partial charge in [-0.1, -0.05) is 37.1 Å². The van der Waals surface area contributed by atoms with Crippen LogP contribution >= 0.6 is 0 Å². The lowest BCUT2D eigenvalue weighted by atomic mass is 9.63. The van der Waals surface area contributed by atoms with Crippen molar-refractivity contribution in [1.82, 2.24) is 0 Å². The molecule has 0 radical (unpaired) electrons. The van der Waals surface area contributed by atoms with Crippen LogP contribution in [0.25, 0.3) is 0 Å². The van der Waals surface area contributed by atoms with Gasteiger partial charge in [-0.15, -0.1) is 0 Å². The number of hydrogen-bond donors (Lipinski definition) is 0. The van der Waals surface area contributed by atoms with Crippen molar-refractivity contribution in [3.05, 3.63) is 23.3 Å². The monoisotopic (exact) mass is 176 g/mol. The van der Waals surface area contributed by atoms with Crippen molar-refractivity contribution in [2.24, 2.45) is 11.3 Å². The third-order valence-electron chi connectivity index (χ3n) is 3.77. The first-order valence-corrected chi connectivity index (χ1v) is 5.47. The molecule has 13 heavy (non-hydrogen) atoms. The molecular weight excluding hydrogens is 156 g/mol. The molecule has 2 aliphatic rings. The summed E-state index contributed by atoms with van der Waals surface area (Å²) in [6, 6.07) is 0. The van der Waals surface area contributed by atoms with Crippen molar-refractivity contribution >= 4 is 0 Å². The van der Waals surface area contributed by atoms with Crippen LogP contribution in [0.5, 0.6) is 0 Å². The van der Waals surface area contributed by atoms with Crippen LogP contribution in [-0.4, -0.2) is 0 Å². The second-order valence-electron chi connectivity index (χ2n) is 5.30. The molecule has 0 heteroatoms. The molecule has 1 unspecified atom stereocenters. The highest BCUT2D eigenvalue weighted by Gasteiger charge is 2.35. The Kier molecular flexibility index (Phi) is 2.09. The van der Waals surface area contributed by atoms with Crippen LogP contribution in [0.15, 0.2) is 23.3 Å². The van der Waals surface area contributed by atoms with E-state index in [1.54, 1.807) is 5.57 Å². The zero-order valence-electron chi connectivity index (χ0n) is 9.06. The van der Waals surface area contributed by atoms with E-state index in [9.17, 15) is 0 Å². The maximum Gasteiger partial charge on any atom is -0.0114 e. The first-order chi connectivity index (χ1) is 6.09. The standard InChI is InChI=1S/C13H20/c1-10-6-7-12-11(9-10)5-4-8-13(12,2)3/h6,9,12H,4-5,7-8H2,1-3H3. The van der Waals surface area contributed by atoms with E-state index in [1.165, 1.54) is 31.3 Å². The average molecular weight is 176 g/mol. The first kappa shape index (κ1) is 9.05. The van der Waals surface area contributed by atoms with Gasteiger partial charge in [-0.3, -0.25) is 0 Å². The molecule has 0 bridgehead atoms. The summed E-state index contributed by atoms with van der Waals surface area (Å²) in [5, 5.41) is 0. The summed E-state index contributed by atoms with van der Waals surface area (Å²) in [5.74, 6) is 0.838. The summed E-state index contributed by atoms with van der Waals surface area (Å²) in [5.41, 5.74) is 3.74. The van der Waals surface area contributed by atoms with Gasteiger partial charge in [-0.25, -0.2) is 0 Å². The SMILES string of the molecule is CC1=CCC2C(=C1)CCCC2(C)C. The van der Waals surface area contributed by atoms with Crippen LogP contribution in [0.4, 0.5) is 0 Å². The predicted molar refractivity (Wildman–Crippen MR) is 57.6 cm³/mol. The summed E-state index contributed by atoms with van der Waals surface area (Å²) < 4.78 is 0. The van der Waals surface area contributed by atoms with Crippen molar-refractivity contribution in [3.63, 3.8) is 0 Å². The minimum absolute atomic E-state index is 0.543. The van der Waals surface area contributed by atoms with Gasteiger partial charge in [0, 0.05) is 0 Å². The highest BCUT2D eigenvalue weighted by Crippen LogP contribution is 2.47. The van der Waals surface area contributed by atoms with Crippen molar-refractivity contribution in [1.29, 1.82) is 0 Å². The van der Waals surface area contributed by atoms with Gasteiger partial charge in [0.2, 0.25) is 0 Å². The molecule has 0 aromatic heterocycles. The number of hydrogen-bond acceptors (Lipinski definition) is 0. The molecule has 1 atom stereocenters. The van der Waals surface area contributed by atoms with Gasteiger partial charge in [0.15, 0.2) is 0 Å². The number of allylic oxidation sites excluding steroid dienone is 4. The van der Waals surface area contributed by atoms with Crippen LogP contribution in [0.3, 0.4) is 0 Å². The van der Waals surface area contributed by atoms with Crippen LogP contribution in [0, 0.1) is 11.3 Å². The molecule has 0 spiro atoms. The summed E-state index contributed by atoms with van der Waals surface area (Å²) in [7, 11) is 0. The molecule has 0 amide bonds. The van der Waals surface area contributed by atoms with Crippen molar-refractivity contribution in [2.75, 3.05) is 0 Å². The van der Waals surface area contributed by atoms with Crippen molar-refractivity contribution in [2.45, 2.75) is 46.5 Å². The summed E-state index contributed by atoms with van der Waals surface area (Å²) in [6.45, 7) is 7.09. The molecule has 1 saturated carbocycles. The normalized spacial score (nSPS) is 31.8. The molecular formula is C13H20. The van der Waals surface area contributed by atoms with E-state index in [4.69, 9.17) is 0 Å². The Balaban J connectivity index is 2.27. The topological polar surface area (TPSA) is 0 Å². The first-order valence-electron chi connectivity index (χ1n) is 5.47. The lowest BCUT2D eigenvalue weighted by Crippen LogP contribution is -2.30. The summed E-state index contributed by atoms with van der Waals surface area (Å²) >= 11 is 0. The third kappa shape index (κ3) is 1.59. The molecule has 0 N–H and O–H groups in total. The zero-order chi connectivity index (χ0) is 9.47. The highest BCUT2D eigenvalue weighted by molar-refractivity contribution is 5.30. The maximum atomic E-state index is 2.43. The number of rotatable bonds is 0. The molecule has 2 aliphatic carbocycles. The Labute approximate surface area is 81.7 Å². The average Bonchev–Trinajstić information content (AvgIpc) is 2.02. The molecule has 0 aromatic rings. The smallest absolute Gasteiger partial charge is 0.0114 e. The molecule has 0 heterocycles. The minimum atomic E-state index is 0.543. The Hall–Kier alpha value is -0.520. The number of fused-ring (bicyclic) bond motifs is 1. The second kappa shape index (κ2) is 3.01. The van der Waals surface area contributed by atoms with Gasteiger partial charge in [0.25, 0.3) is 0 Å². The highest BCUT2D eigenvalue weighted by atomic mass is 14.4. The van der Waals surface area contributed by atoms with Gasteiger partial charge in [0.1, 0.15) is 0 Å². The molecule has 0 aliphatic heterocycles. The predicted octanol–water partition coefficient (Wildman–Crippen LogP) is 4.09. The van der Waals surface area contributed by atoms with Crippen LogP contribution in [0.2, 0.25) is 0 Å². The van der Waals surface area contributed by atoms with Gasteiger partial charge >= 0.3 is 0 Å². The molecule has 0 saturated heterocycles. The van der Waals surface area contributed by atoms with E-state index in [0.717, 1.165) is 5.92 Å². The van der Waals surface area contributed by atoms with Gasteiger partial charge < -0.3 is 0 Å². The fourth-order valence-electron chi connectivity index (χ4n) is 2.90. The fourth-order valence-corrected chi connectivity index (χ4v) is 2.90. The van der Waals surface area contributed by atoms with E-state index in [0.29, 0.717) is 5.41 Å². The lowest BCUT2D eigenvalue weighted by molar-refractivity contribution is 0.189. The van der Waals surface area contributed by atoms with Crippen LogP contribution < -0.4 is 0 Å². The maximum absolute atomic E-state index is 2.43. The quantitative estimate of drug-likeness (QED) is 0.521. The van der Waals surface area contributed by atoms with Crippen LogP contribution in [-0.2, 0) is 0 Å². The van der Waals surface area contributed by atoms with E-state index in [-0.39, 0.29) is 0 Å². The van der Waals surface area contributed by atoms with Gasteiger partial charge in [0.05, 0.1) is 0 Å². The zero-order valence-corrected chi connectivity index (χ0v) is 9.06. The summed E-state index contributed by atoms with van der Waals surface area (Å²) in [4.78, 5) is 0. The molecule has 1 fully saturated rings. The Morgan fingerprint density at radius 2 is 2.15 bits per heavy atom. The van der Waals surface area contributed by atoms with E-state index >= 15 is 0 Å². The molecule has 72 valence electrons. The Morgan fingerprint density at radius 3 is 2.92 bits per heavy atom. The molecule has 2 rings (SSSR count). The Morgan fingerprint density at radius 1 is 1.38 bits per heavy atom. The molecule has 0 nitrogen and oxygen atoms in total. The minimum Gasteiger partial charge on any atom is -0.0810 e. The lowest BCUT2D eigenvalue weighted by Gasteiger charge is -2.41. The Bertz CT molecular complexity index is 266. The third-order valence-corrected chi connectivity index (χ3v) is 3.77. The van der Waals surface area contributed by atoms with Crippen molar-refractivity contribution in [3.8, 4) is 0 Å². The molecule has 0 aromatic carbocycles. The van der Waals surface area contributed by atoms with E-state index < -0.39 is 0 Å². The van der Waals surface area contributed by atoms with E-state index in [2.05, 4.69) is 32.9 Å². The largest absolute Gasteiger partial charge is 0.0810 e. The summed E-state index contributed by atoms with van der Waals surface area (Å²) in [6.07, 6.45) is 10.3. The second-order valence-corrected chi connectivity index (χ2v) is 5.30. The fraction of sp³-hybridized carbons (Fsp3) is 0.692.